The smallest absolute Gasteiger partial charge is 0.303 e. The maximum Gasteiger partial charge on any atom is 0.303 e. The standard InChI is InChI=1S/C12H24O2.C4H6O2/c1-2-3-4-5-6-7-8-9-10-11-12(13)14;1-3(5)4(2)6/h2-11H2,1H3,(H,13,14);1-2H3. The van der Waals surface area contributed by atoms with Crippen LogP contribution in [0.5, 0.6) is 0 Å². The van der Waals surface area contributed by atoms with Crippen LogP contribution in [0.2, 0.25) is 0 Å². The molecule has 0 saturated carbocycles. The number of carboxylic acid groups (broad SMARTS) is 1. The Bertz CT molecular complexity index is 260. The van der Waals surface area contributed by atoms with Gasteiger partial charge in [0.1, 0.15) is 0 Å². The van der Waals surface area contributed by atoms with E-state index in [4.69, 9.17) is 5.11 Å². The van der Waals surface area contributed by atoms with Crippen molar-refractivity contribution in [1.82, 2.24) is 0 Å². The van der Waals surface area contributed by atoms with E-state index >= 15 is 0 Å². The molecule has 0 aliphatic heterocycles. The molecule has 4 heteroatoms. The monoisotopic (exact) mass is 286 g/mol. The minimum absolute atomic E-state index is 0.343. The molecule has 0 aromatic carbocycles. The van der Waals surface area contributed by atoms with Crippen molar-refractivity contribution in [3.8, 4) is 0 Å². The minimum atomic E-state index is -0.659. The number of hydrogen-bond acceptors (Lipinski definition) is 3. The Morgan fingerprint density at radius 2 is 1.05 bits per heavy atom. The van der Waals surface area contributed by atoms with Crippen molar-refractivity contribution in [2.75, 3.05) is 0 Å². The number of Topliss-reactive ketones (excluding diaryl/α,β-unsaturated/α-hetero) is 2. The molecule has 0 rings (SSSR count). The first-order chi connectivity index (χ1) is 9.41. The van der Waals surface area contributed by atoms with Crippen LogP contribution in [0.4, 0.5) is 0 Å². The van der Waals surface area contributed by atoms with Gasteiger partial charge >= 0.3 is 5.97 Å². The highest BCUT2D eigenvalue weighted by atomic mass is 16.4. The molecule has 0 amide bonds. The number of unbranched alkanes of at least 4 members (excludes halogenated alkanes) is 8. The molecule has 0 spiro atoms. The van der Waals surface area contributed by atoms with Gasteiger partial charge in [-0.2, -0.15) is 0 Å². The van der Waals surface area contributed by atoms with Gasteiger partial charge < -0.3 is 5.11 Å². The van der Waals surface area contributed by atoms with E-state index < -0.39 is 5.97 Å². The maximum atomic E-state index is 10.2. The number of carbonyl (C=O) groups is 3. The van der Waals surface area contributed by atoms with Gasteiger partial charge in [0.15, 0.2) is 11.6 Å². The van der Waals surface area contributed by atoms with Crippen LogP contribution in [0.3, 0.4) is 0 Å². The number of rotatable bonds is 11. The van der Waals surface area contributed by atoms with Gasteiger partial charge in [0.25, 0.3) is 0 Å². The highest BCUT2D eigenvalue weighted by Crippen LogP contribution is 2.10. The van der Waals surface area contributed by atoms with Crippen LogP contribution >= 0.6 is 0 Å². The summed E-state index contributed by atoms with van der Waals surface area (Å²) in [6, 6.07) is 0. The number of hydrogen-bond donors (Lipinski definition) is 1. The zero-order chi connectivity index (χ0) is 15.8. The second-order valence-corrected chi connectivity index (χ2v) is 5.08. The summed E-state index contributed by atoms with van der Waals surface area (Å²) in [5.41, 5.74) is 0. The van der Waals surface area contributed by atoms with Crippen molar-refractivity contribution < 1.29 is 19.5 Å². The SMILES string of the molecule is CC(=O)C(C)=O.CCCCCCCCCCCC(=O)O. The van der Waals surface area contributed by atoms with Crippen LogP contribution in [0.1, 0.15) is 85.0 Å². The predicted octanol–water partition coefficient (Wildman–Crippen LogP) is 4.16. The summed E-state index contributed by atoms with van der Waals surface area (Å²) < 4.78 is 0. The van der Waals surface area contributed by atoms with Crippen LogP contribution in [0.25, 0.3) is 0 Å². The van der Waals surface area contributed by atoms with E-state index in [2.05, 4.69) is 6.92 Å². The highest BCUT2D eigenvalue weighted by Gasteiger charge is 1.96. The number of aliphatic carboxylic acids is 1. The van der Waals surface area contributed by atoms with Crippen molar-refractivity contribution >= 4 is 17.5 Å². The van der Waals surface area contributed by atoms with Crippen molar-refractivity contribution in [1.29, 1.82) is 0 Å². The lowest BCUT2D eigenvalue weighted by Crippen LogP contribution is -2.01. The first kappa shape index (κ1) is 21.1. The topological polar surface area (TPSA) is 71.4 Å². The van der Waals surface area contributed by atoms with Crippen LogP contribution < -0.4 is 0 Å². The molecule has 1 N–H and O–H groups in total. The molecule has 0 aliphatic rings. The number of carbonyl (C=O) groups excluding carboxylic acids is 2. The second-order valence-electron chi connectivity index (χ2n) is 5.08. The first-order valence-electron chi connectivity index (χ1n) is 7.65. The molecular formula is C16H30O4. The molecule has 0 unspecified atom stereocenters. The lowest BCUT2D eigenvalue weighted by Gasteiger charge is -2.00. The van der Waals surface area contributed by atoms with Crippen LogP contribution in [0, 0.1) is 0 Å². The average molecular weight is 286 g/mol. The number of ketones is 2. The summed E-state index contributed by atoms with van der Waals surface area (Å²) in [4.78, 5) is 29.8. The quantitative estimate of drug-likeness (QED) is 0.457. The molecule has 0 radical (unpaired) electrons. The van der Waals surface area contributed by atoms with Gasteiger partial charge in [-0.15, -0.1) is 0 Å². The van der Waals surface area contributed by atoms with E-state index in [1.807, 2.05) is 0 Å². The Labute approximate surface area is 122 Å². The fourth-order valence-corrected chi connectivity index (χ4v) is 1.59. The average Bonchev–Trinajstić information content (AvgIpc) is 2.37. The molecule has 0 fully saturated rings. The van der Waals surface area contributed by atoms with E-state index in [9.17, 15) is 14.4 Å². The number of carboxylic acids is 1. The Kier molecular flexibility index (Phi) is 16.8. The summed E-state index contributed by atoms with van der Waals surface area (Å²) in [6.07, 6.45) is 11.5. The molecule has 118 valence electrons. The fraction of sp³-hybridized carbons (Fsp3) is 0.812. The van der Waals surface area contributed by atoms with Crippen LogP contribution in [-0.2, 0) is 14.4 Å². The van der Waals surface area contributed by atoms with E-state index in [0.717, 1.165) is 12.8 Å². The van der Waals surface area contributed by atoms with Crippen molar-refractivity contribution in [3.63, 3.8) is 0 Å². The van der Waals surface area contributed by atoms with Gasteiger partial charge in [0.2, 0.25) is 0 Å². The van der Waals surface area contributed by atoms with Crippen molar-refractivity contribution in [2.45, 2.75) is 85.0 Å². The van der Waals surface area contributed by atoms with Crippen molar-refractivity contribution in [2.24, 2.45) is 0 Å². The molecule has 0 atom stereocenters. The molecule has 4 nitrogen and oxygen atoms in total. The Morgan fingerprint density at radius 3 is 1.35 bits per heavy atom. The van der Waals surface area contributed by atoms with E-state index in [1.54, 1.807) is 0 Å². The predicted molar refractivity (Wildman–Crippen MR) is 80.8 cm³/mol. The molecular weight excluding hydrogens is 256 g/mol. The lowest BCUT2D eigenvalue weighted by molar-refractivity contribution is -0.137. The molecule has 20 heavy (non-hydrogen) atoms. The largest absolute Gasteiger partial charge is 0.481 e. The third kappa shape index (κ3) is 22.0. The maximum absolute atomic E-state index is 10.2. The Hall–Kier alpha value is -1.19. The zero-order valence-electron chi connectivity index (χ0n) is 13.2. The summed E-state index contributed by atoms with van der Waals surface area (Å²) >= 11 is 0. The van der Waals surface area contributed by atoms with Gasteiger partial charge in [-0.25, -0.2) is 0 Å². The van der Waals surface area contributed by atoms with Crippen molar-refractivity contribution in [3.05, 3.63) is 0 Å². The zero-order valence-corrected chi connectivity index (χ0v) is 13.2. The molecule has 0 aliphatic carbocycles. The molecule has 0 aromatic heterocycles. The van der Waals surface area contributed by atoms with Crippen LogP contribution in [-0.4, -0.2) is 22.6 Å². The summed E-state index contributed by atoms with van der Waals surface area (Å²) in [7, 11) is 0. The Morgan fingerprint density at radius 1 is 0.700 bits per heavy atom. The van der Waals surface area contributed by atoms with E-state index in [-0.39, 0.29) is 11.6 Å². The van der Waals surface area contributed by atoms with Gasteiger partial charge in [-0.1, -0.05) is 58.3 Å². The highest BCUT2D eigenvalue weighted by molar-refractivity contribution is 6.35. The van der Waals surface area contributed by atoms with E-state index in [0.29, 0.717) is 6.42 Å². The third-order valence-electron chi connectivity index (χ3n) is 2.99. The van der Waals surface area contributed by atoms with E-state index in [1.165, 1.54) is 58.8 Å². The minimum Gasteiger partial charge on any atom is -0.481 e. The Balaban J connectivity index is 0. The summed E-state index contributed by atoms with van der Waals surface area (Å²) in [5.74, 6) is -1.42. The molecule has 0 saturated heterocycles. The molecule has 0 bridgehead atoms. The lowest BCUT2D eigenvalue weighted by atomic mass is 10.1. The fourth-order valence-electron chi connectivity index (χ4n) is 1.59. The molecule has 0 heterocycles. The summed E-state index contributed by atoms with van der Waals surface area (Å²) in [5, 5.41) is 8.41. The summed E-state index contributed by atoms with van der Waals surface area (Å²) in [6.45, 7) is 4.73. The third-order valence-corrected chi connectivity index (χ3v) is 2.99. The molecule has 0 aromatic rings. The van der Waals surface area contributed by atoms with Gasteiger partial charge in [0, 0.05) is 20.3 Å². The van der Waals surface area contributed by atoms with Gasteiger partial charge in [0.05, 0.1) is 0 Å². The second kappa shape index (κ2) is 15.9. The first-order valence-corrected chi connectivity index (χ1v) is 7.65. The normalized spacial score (nSPS) is 9.55. The van der Waals surface area contributed by atoms with Crippen LogP contribution in [0.15, 0.2) is 0 Å². The van der Waals surface area contributed by atoms with Gasteiger partial charge in [-0.3, -0.25) is 14.4 Å². The van der Waals surface area contributed by atoms with Gasteiger partial charge in [-0.05, 0) is 6.42 Å².